The Balaban J connectivity index is 2.04. The predicted molar refractivity (Wildman–Crippen MR) is 82.6 cm³/mol. The molecule has 1 aromatic carbocycles. The molecule has 1 N–H and O–H groups in total. The summed E-state index contributed by atoms with van der Waals surface area (Å²) in [5, 5.41) is 10.3. The number of fused-ring (bicyclic) bond motifs is 1. The van der Waals surface area contributed by atoms with Gasteiger partial charge in [-0.05, 0) is 17.9 Å². The number of hydrogen-bond donors (Lipinski definition) is 1. The lowest BCUT2D eigenvalue weighted by Gasteiger charge is -2.05. The Morgan fingerprint density at radius 1 is 1.25 bits per heavy atom. The quantitative estimate of drug-likeness (QED) is 0.717. The van der Waals surface area contributed by atoms with Gasteiger partial charge < -0.3 is 9.84 Å². The molecule has 108 valence electrons. The molecule has 1 aromatic heterocycles. The van der Waals surface area contributed by atoms with Crippen molar-refractivity contribution in [2.75, 3.05) is 6.61 Å². The Morgan fingerprint density at radius 3 is 2.80 bits per heavy atom. The maximum absolute atomic E-state index is 11.3. The largest absolute Gasteiger partial charge is 0.477 e. The maximum atomic E-state index is 11.3. The number of benzene rings is 1. The Labute approximate surface area is 123 Å². The summed E-state index contributed by atoms with van der Waals surface area (Å²) < 4.78 is 6.68. The average Bonchev–Trinajstić information content (AvgIpc) is 2.82. The minimum Gasteiger partial charge on any atom is -0.477 e. The normalized spacial score (nSPS) is 11.1. The van der Waals surface area contributed by atoms with Crippen LogP contribution in [-0.2, 0) is 11.3 Å². The summed E-state index contributed by atoms with van der Waals surface area (Å²) in [5.41, 5.74) is 0.814. The third-order valence-electron chi connectivity index (χ3n) is 3.28. The number of carboxylic acid groups (broad SMARTS) is 1. The lowest BCUT2D eigenvalue weighted by atomic mass is 10.1. The Morgan fingerprint density at radius 2 is 2.05 bits per heavy atom. The molecule has 0 unspecified atom stereocenters. The number of carbonyl (C=O) groups is 1. The van der Waals surface area contributed by atoms with E-state index >= 15 is 0 Å². The Hall–Kier alpha value is -1.39. The molecular formula is C16H20O3S. The molecule has 0 saturated heterocycles. The van der Waals surface area contributed by atoms with E-state index in [9.17, 15) is 9.90 Å². The number of unbranched alkanes of at least 4 members (excludes halogenated alkanes) is 3. The summed E-state index contributed by atoms with van der Waals surface area (Å²) in [7, 11) is 0. The highest BCUT2D eigenvalue weighted by molar-refractivity contribution is 7.21. The predicted octanol–water partition coefficient (Wildman–Crippen LogP) is 4.70. The molecule has 1 heterocycles. The van der Waals surface area contributed by atoms with Crippen LogP contribution in [0.5, 0.6) is 0 Å². The smallest absolute Gasteiger partial charge is 0.346 e. The molecule has 0 aliphatic carbocycles. The molecule has 3 nitrogen and oxygen atoms in total. The molecule has 0 fully saturated rings. The molecule has 0 amide bonds. The molecule has 0 aliphatic rings. The zero-order valence-electron chi connectivity index (χ0n) is 11.7. The van der Waals surface area contributed by atoms with Crippen molar-refractivity contribution in [2.24, 2.45) is 0 Å². The number of rotatable bonds is 8. The SMILES string of the molecule is CCCCCCOCc1c(C(=O)O)sc2ccccc12. The van der Waals surface area contributed by atoms with E-state index in [-0.39, 0.29) is 0 Å². The first-order valence-electron chi connectivity index (χ1n) is 7.05. The second-order valence-corrected chi connectivity index (χ2v) is 5.88. The number of ether oxygens (including phenoxy) is 1. The van der Waals surface area contributed by atoms with E-state index in [0.29, 0.717) is 18.1 Å². The van der Waals surface area contributed by atoms with Crippen LogP contribution in [0.25, 0.3) is 10.1 Å². The second-order valence-electron chi connectivity index (χ2n) is 4.82. The van der Waals surface area contributed by atoms with E-state index in [2.05, 4.69) is 6.92 Å². The summed E-state index contributed by atoms with van der Waals surface area (Å²) in [6, 6.07) is 7.79. The average molecular weight is 292 g/mol. The lowest BCUT2D eigenvalue weighted by molar-refractivity contribution is 0.0693. The van der Waals surface area contributed by atoms with Crippen molar-refractivity contribution in [3.63, 3.8) is 0 Å². The summed E-state index contributed by atoms with van der Waals surface area (Å²) in [6.07, 6.45) is 4.65. The van der Waals surface area contributed by atoms with E-state index in [1.807, 2.05) is 24.3 Å². The van der Waals surface area contributed by atoms with Gasteiger partial charge in [-0.2, -0.15) is 0 Å². The van der Waals surface area contributed by atoms with Gasteiger partial charge in [0.15, 0.2) is 0 Å². The topological polar surface area (TPSA) is 46.5 Å². The van der Waals surface area contributed by atoms with Gasteiger partial charge in [-0.25, -0.2) is 4.79 Å². The first kappa shape index (κ1) is 15.0. The Kier molecular flexibility index (Phi) is 5.56. The van der Waals surface area contributed by atoms with Crippen LogP contribution < -0.4 is 0 Å². The minimum absolute atomic E-state index is 0.387. The van der Waals surface area contributed by atoms with Crippen molar-refractivity contribution in [1.82, 2.24) is 0 Å². The van der Waals surface area contributed by atoms with Gasteiger partial charge in [0, 0.05) is 16.9 Å². The molecule has 4 heteroatoms. The number of thiophene rings is 1. The van der Waals surface area contributed by atoms with Crippen molar-refractivity contribution < 1.29 is 14.6 Å². The van der Waals surface area contributed by atoms with Crippen LogP contribution in [0.4, 0.5) is 0 Å². The molecule has 0 atom stereocenters. The molecule has 0 bridgehead atoms. The van der Waals surface area contributed by atoms with Crippen LogP contribution in [0.3, 0.4) is 0 Å². The second kappa shape index (κ2) is 7.41. The van der Waals surface area contributed by atoms with Crippen molar-refractivity contribution in [2.45, 2.75) is 39.2 Å². The van der Waals surface area contributed by atoms with Crippen LogP contribution in [0.1, 0.15) is 47.8 Å². The number of aromatic carboxylic acids is 1. The fourth-order valence-corrected chi connectivity index (χ4v) is 3.27. The zero-order valence-corrected chi connectivity index (χ0v) is 12.5. The Bertz CT molecular complexity index is 574. The molecule has 0 aliphatic heterocycles. The molecular weight excluding hydrogens is 272 g/mol. The van der Waals surface area contributed by atoms with E-state index in [1.165, 1.54) is 30.6 Å². The van der Waals surface area contributed by atoms with Gasteiger partial charge in [0.05, 0.1) is 6.61 Å². The van der Waals surface area contributed by atoms with Gasteiger partial charge >= 0.3 is 5.97 Å². The first-order valence-corrected chi connectivity index (χ1v) is 7.87. The van der Waals surface area contributed by atoms with E-state index in [4.69, 9.17) is 4.74 Å². The zero-order chi connectivity index (χ0) is 14.4. The van der Waals surface area contributed by atoms with E-state index in [1.54, 1.807) is 0 Å². The van der Waals surface area contributed by atoms with Crippen LogP contribution in [-0.4, -0.2) is 17.7 Å². The molecule has 2 aromatic rings. The van der Waals surface area contributed by atoms with E-state index < -0.39 is 5.97 Å². The summed E-state index contributed by atoms with van der Waals surface area (Å²) in [4.78, 5) is 11.7. The third kappa shape index (κ3) is 3.58. The lowest BCUT2D eigenvalue weighted by Crippen LogP contribution is -2.01. The third-order valence-corrected chi connectivity index (χ3v) is 4.48. The van der Waals surface area contributed by atoms with Crippen molar-refractivity contribution in [1.29, 1.82) is 0 Å². The highest BCUT2D eigenvalue weighted by atomic mass is 32.1. The van der Waals surface area contributed by atoms with Gasteiger partial charge in [-0.1, -0.05) is 44.4 Å². The van der Waals surface area contributed by atoms with Gasteiger partial charge in [0.1, 0.15) is 4.88 Å². The number of hydrogen-bond acceptors (Lipinski definition) is 3. The maximum Gasteiger partial charge on any atom is 0.346 e. The fourth-order valence-electron chi connectivity index (χ4n) is 2.22. The van der Waals surface area contributed by atoms with E-state index in [0.717, 1.165) is 22.1 Å². The highest BCUT2D eigenvalue weighted by Crippen LogP contribution is 2.31. The van der Waals surface area contributed by atoms with Gasteiger partial charge in [0.25, 0.3) is 0 Å². The van der Waals surface area contributed by atoms with Crippen LogP contribution in [0, 0.1) is 0 Å². The van der Waals surface area contributed by atoms with Crippen LogP contribution in [0.15, 0.2) is 24.3 Å². The standard InChI is InChI=1S/C16H20O3S/c1-2-3-4-7-10-19-11-13-12-8-5-6-9-14(12)20-15(13)16(17)18/h5-6,8-9H,2-4,7,10-11H2,1H3,(H,17,18). The minimum atomic E-state index is -0.865. The number of carboxylic acids is 1. The van der Waals surface area contributed by atoms with Gasteiger partial charge in [-0.15, -0.1) is 11.3 Å². The molecule has 0 saturated carbocycles. The molecule has 0 spiro atoms. The summed E-state index contributed by atoms with van der Waals surface area (Å²) >= 11 is 1.32. The summed E-state index contributed by atoms with van der Waals surface area (Å²) in [5.74, 6) is -0.865. The first-order chi connectivity index (χ1) is 9.74. The van der Waals surface area contributed by atoms with Crippen LogP contribution >= 0.6 is 11.3 Å². The van der Waals surface area contributed by atoms with Crippen molar-refractivity contribution in [3.8, 4) is 0 Å². The van der Waals surface area contributed by atoms with Gasteiger partial charge in [-0.3, -0.25) is 0 Å². The molecule has 0 radical (unpaired) electrons. The van der Waals surface area contributed by atoms with Crippen molar-refractivity contribution >= 4 is 27.4 Å². The van der Waals surface area contributed by atoms with Crippen molar-refractivity contribution in [3.05, 3.63) is 34.7 Å². The monoisotopic (exact) mass is 292 g/mol. The fraction of sp³-hybridized carbons (Fsp3) is 0.438. The highest BCUT2D eigenvalue weighted by Gasteiger charge is 2.17. The summed E-state index contributed by atoms with van der Waals surface area (Å²) in [6.45, 7) is 3.26. The molecule has 2 rings (SSSR count). The van der Waals surface area contributed by atoms with Crippen LogP contribution in [0.2, 0.25) is 0 Å². The van der Waals surface area contributed by atoms with Gasteiger partial charge in [0.2, 0.25) is 0 Å². The molecule has 20 heavy (non-hydrogen) atoms.